The Hall–Kier alpha value is -1.35. The van der Waals surface area contributed by atoms with E-state index >= 15 is 0 Å². The van der Waals surface area contributed by atoms with Crippen molar-refractivity contribution in [2.45, 2.75) is 32.7 Å². The third-order valence-electron chi connectivity index (χ3n) is 3.89. The molecule has 1 saturated heterocycles. The number of likely N-dealkylation sites (tertiary alicyclic amines) is 1. The van der Waals surface area contributed by atoms with E-state index in [-0.39, 0.29) is 5.41 Å². The van der Waals surface area contributed by atoms with Gasteiger partial charge >= 0.3 is 5.97 Å². The molecule has 1 aromatic carbocycles. The molecule has 0 aromatic heterocycles. The quantitative estimate of drug-likeness (QED) is 0.889. The van der Waals surface area contributed by atoms with Crippen molar-refractivity contribution in [2.75, 3.05) is 13.1 Å². The predicted molar refractivity (Wildman–Crippen MR) is 71.3 cm³/mol. The first kappa shape index (κ1) is 13.1. The number of carboxylic acids is 1. The van der Waals surface area contributed by atoms with E-state index in [2.05, 4.69) is 36.1 Å². The van der Waals surface area contributed by atoms with Crippen molar-refractivity contribution in [3.8, 4) is 0 Å². The topological polar surface area (TPSA) is 40.5 Å². The number of piperidine rings is 1. The van der Waals surface area contributed by atoms with Crippen molar-refractivity contribution in [1.82, 2.24) is 4.90 Å². The van der Waals surface area contributed by atoms with Crippen molar-refractivity contribution in [1.29, 1.82) is 0 Å². The van der Waals surface area contributed by atoms with Crippen LogP contribution in [0.5, 0.6) is 0 Å². The molecule has 2 rings (SSSR count). The Kier molecular flexibility index (Phi) is 4.02. The molecule has 0 bridgehead atoms. The highest BCUT2D eigenvalue weighted by Crippen LogP contribution is 2.34. The van der Waals surface area contributed by atoms with Crippen LogP contribution in [0, 0.1) is 5.41 Å². The third kappa shape index (κ3) is 3.57. The fourth-order valence-electron chi connectivity index (χ4n) is 2.63. The van der Waals surface area contributed by atoms with Gasteiger partial charge in [0.1, 0.15) is 0 Å². The van der Waals surface area contributed by atoms with Crippen LogP contribution in [-0.4, -0.2) is 29.1 Å². The fraction of sp³-hybridized carbons (Fsp3) is 0.533. The van der Waals surface area contributed by atoms with Crippen LogP contribution in [0.4, 0.5) is 0 Å². The van der Waals surface area contributed by atoms with Crippen LogP contribution in [0.2, 0.25) is 0 Å². The van der Waals surface area contributed by atoms with Gasteiger partial charge in [0.2, 0.25) is 0 Å². The van der Waals surface area contributed by atoms with Gasteiger partial charge in [-0.05, 0) is 36.9 Å². The highest BCUT2D eigenvalue weighted by molar-refractivity contribution is 5.67. The van der Waals surface area contributed by atoms with Gasteiger partial charge in [0.05, 0.1) is 6.42 Å². The van der Waals surface area contributed by atoms with E-state index in [0.29, 0.717) is 6.42 Å². The van der Waals surface area contributed by atoms with Gasteiger partial charge in [0.25, 0.3) is 0 Å². The summed E-state index contributed by atoms with van der Waals surface area (Å²) < 4.78 is 0. The second-order valence-corrected chi connectivity index (χ2v) is 5.64. The minimum atomic E-state index is -0.672. The maximum Gasteiger partial charge on any atom is 0.303 e. The highest BCUT2D eigenvalue weighted by atomic mass is 16.4. The van der Waals surface area contributed by atoms with Crippen LogP contribution in [0.25, 0.3) is 0 Å². The Labute approximate surface area is 108 Å². The first-order chi connectivity index (χ1) is 8.57. The molecule has 1 fully saturated rings. The van der Waals surface area contributed by atoms with Crippen LogP contribution in [0.15, 0.2) is 30.3 Å². The number of benzene rings is 1. The molecule has 1 N–H and O–H groups in total. The van der Waals surface area contributed by atoms with Gasteiger partial charge in [-0.15, -0.1) is 0 Å². The first-order valence-corrected chi connectivity index (χ1v) is 6.55. The second kappa shape index (κ2) is 5.53. The minimum absolute atomic E-state index is 0.0149. The maximum absolute atomic E-state index is 10.8. The number of rotatable bonds is 4. The lowest BCUT2D eigenvalue weighted by atomic mass is 9.77. The zero-order chi connectivity index (χ0) is 13.0. The molecule has 18 heavy (non-hydrogen) atoms. The van der Waals surface area contributed by atoms with Gasteiger partial charge < -0.3 is 5.11 Å². The molecule has 3 heteroatoms. The number of carboxylic acid groups (broad SMARTS) is 1. The monoisotopic (exact) mass is 247 g/mol. The molecule has 1 aliphatic heterocycles. The van der Waals surface area contributed by atoms with E-state index in [0.717, 1.165) is 32.5 Å². The molecular formula is C15H21NO2. The lowest BCUT2D eigenvalue weighted by Gasteiger charge is -2.38. The highest BCUT2D eigenvalue weighted by Gasteiger charge is 2.31. The molecule has 0 radical (unpaired) electrons. The fourth-order valence-corrected chi connectivity index (χ4v) is 2.63. The number of hydrogen-bond acceptors (Lipinski definition) is 2. The molecule has 98 valence electrons. The molecule has 1 aromatic rings. The number of carbonyl (C=O) groups is 1. The van der Waals surface area contributed by atoms with Crippen LogP contribution >= 0.6 is 0 Å². The van der Waals surface area contributed by atoms with Crippen molar-refractivity contribution >= 4 is 5.97 Å². The van der Waals surface area contributed by atoms with Gasteiger partial charge in [-0.3, -0.25) is 9.69 Å². The van der Waals surface area contributed by atoms with Crippen molar-refractivity contribution < 1.29 is 9.90 Å². The molecular weight excluding hydrogens is 226 g/mol. The molecule has 0 amide bonds. The summed E-state index contributed by atoms with van der Waals surface area (Å²) >= 11 is 0. The molecule has 0 spiro atoms. The predicted octanol–water partition coefficient (Wildman–Crippen LogP) is 2.76. The van der Waals surface area contributed by atoms with Gasteiger partial charge in [0, 0.05) is 6.54 Å². The largest absolute Gasteiger partial charge is 0.481 e. The van der Waals surface area contributed by atoms with E-state index in [1.54, 1.807) is 0 Å². The normalized spacial score (nSPS) is 19.6. The maximum atomic E-state index is 10.8. The molecule has 0 aliphatic carbocycles. The Balaban J connectivity index is 1.85. The number of nitrogens with zero attached hydrogens (tertiary/aromatic N) is 1. The van der Waals surface area contributed by atoms with Gasteiger partial charge in [-0.1, -0.05) is 37.3 Å². The first-order valence-electron chi connectivity index (χ1n) is 6.55. The molecule has 0 saturated carbocycles. The molecule has 1 heterocycles. The standard InChI is InChI=1S/C15H21NO2/c1-15(11-14(17)18)7-9-16(10-8-15)12-13-5-3-2-4-6-13/h2-6H,7-12H2,1H3,(H,17,18). The second-order valence-electron chi connectivity index (χ2n) is 5.64. The van der Waals surface area contributed by atoms with Gasteiger partial charge in [-0.25, -0.2) is 0 Å². The Morgan fingerprint density at radius 1 is 1.28 bits per heavy atom. The number of aliphatic carboxylic acids is 1. The Morgan fingerprint density at radius 3 is 2.44 bits per heavy atom. The summed E-state index contributed by atoms with van der Waals surface area (Å²) in [5.74, 6) is -0.672. The lowest BCUT2D eigenvalue weighted by Crippen LogP contribution is -2.39. The summed E-state index contributed by atoms with van der Waals surface area (Å²) in [4.78, 5) is 13.2. The molecule has 3 nitrogen and oxygen atoms in total. The van der Waals surface area contributed by atoms with Crippen molar-refractivity contribution in [2.24, 2.45) is 5.41 Å². The average Bonchev–Trinajstić information content (AvgIpc) is 2.33. The van der Waals surface area contributed by atoms with Crippen molar-refractivity contribution in [3.05, 3.63) is 35.9 Å². The van der Waals surface area contributed by atoms with E-state index in [1.807, 2.05) is 6.07 Å². The van der Waals surface area contributed by atoms with E-state index in [1.165, 1.54) is 5.56 Å². The van der Waals surface area contributed by atoms with Crippen molar-refractivity contribution in [3.63, 3.8) is 0 Å². The van der Waals surface area contributed by atoms with Crippen LogP contribution in [0.1, 0.15) is 31.7 Å². The van der Waals surface area contributed by atoms with Crippen LogP contribution in [0.3, 0.4) is 0 Å². The summed E-state index contributed by atoms with van der Waals surface area (Å²) in [6, 6.07) is 10.4. The summed E-state index contributed by atoms with van der Waals surface area (Å²) in [7, 11) is 0. The SMILES string of the molecule is CC1(CC(=O)O)CCN(Cc2ccccc2)CC1. The zero-order valence-electron chi connectivity index (χ0n) is 10.9. The molecule has 1 aliphatic rings. The lowest BCUT2D eigenvalue weighted by molar-refractivity contribution is -0.140. The zero-order valence-corrected chi connectivity index (χ0v) is 10.9. The summed E-state index contributed by atoms with van der Waals surface area (Å²) in [6.45, 7) is 5.07. The van der Waals surface area contributed by atoms with E-state index < -0.39 is 5.97 Å². The smallest absolute Gasteiger partial charge is 0.303 e. The Morgan fingerprint density at radius 2 is 1.89 bits per heavy atom. The average molecular weight is 247 g/mol. The van der Waals surface area contributed by atoms with E-state index in [4.69, 9.17) is 5.11 Å². The Bertz CT molecular complexity index is 394. The van der Waals surface area contributed by atoms with Gasteiger partial charge in [0.15, 0.2) is 0 Å². The van der Waals surface area contributed by atoms with E-state index in [9.17, 15) is 4.79 Å². The summed E-state index contributed by atoms with van der Waals surface area (Å²) in [5.41, 5.74) is 1.32. The summed E-state index contributed by atoms with van der Waals surface area (Å²) in [5, 5.41) is 8.92. The third-order valence-corrected chi connectivity index (χ3v) is 3.89. The number of hydrogen-bond donors (Lipinski definition) is 1. The van der Waals surface area contributed by atoms with Gasteiger partial charge in [-0.2, -0.15) is 0 Å². The summed E-state index contributed by atoms with van der Waals surface area (Å²) in [6.07, 6.45) is 2.25. The van der Waals surface area contributed by atoms with Crippen LogP contribution in [-0.2, 0) is 11.3 Å². The minimum Gasteiger partial charge on any atom is -0.481 e. The molecule has 0 unspecified atom stereocenters. The molecule has 0 atom stereocenters. The van der Waals surface area contributed by atoms with Crippen LogP contribution < -0.4 is 0 Å².